The molecule has 4 saturated carbocycles. The Bertz CT molecular complexity index is 1060. The summed E-state index contributed by atoms with van der Waals surface area (Å²) in [6.07, 6.45) is 7.94. The minimum absolute atomic E-state index is 0.0308. The van der Waals surface area contributed by atoms with Gasteiger partial charge in [-0.1, -0.05) is 6.07 Å². The maximum absolute atomic E-state index is 12.7. The van der Waals surface area contributed by atoms with Crippen LogP contribution in [0.2, 0.25) is 0 Å². The quantitative estimate of drug-likeness (QED) is 0.653. The molecule has 0 saturated heterocycles. The van der Waals surface area contributed by atoms with Crippen molar-refractivity contribution in [3.63, 3.8) is 0 Å². The van der Waals surface area contributed by atoms with Gasteiger partial charge in [-0.15, -0.1) is 11.3 Å². The first kappa shape index (κ1) is 17.1. The number of carbonyl (C=O) groups is 1. The molecular formula is C21H21N5O2S. The molecule has 148 valence electrons. The Hall–Kier alpha value is -2.74. The lowest BCUT2D eigenvalue weighted by molar-refractivity contribution is -0.143. The van der Waals surface area contributed by atoms with Gasteiger partial charge in [-0.05, 0) is 50.3 Å². The topological polar surface area (TPSA) is 89.0 Å². The van der Waals surface area contributed by atoms with Crippen molar-refractivity contribution in [1.82, 2.24) is 20.3 Å². The van der Waals surface area contributed by atoms with E-state index < -0.39 is 0 Å². The van der Waals surface area contributed by atoms with E-state index in [2.05, 4.69) is 25.6 Å². The average Bonchev–Trinajstić information content (AvgIpc) is 3.12. The molecule has 0 aliphatic heterocycles. The zero-order valence-corrected chi connectivity index (χ0v) is 16.6. The summed E-state index contributed by atoms with van der Waals surface area (Å²) in [4.78, 5) is 25.5. The van der Waals surface area contributed by atoms with Gasteiger partial charge >= 0.3 is 0 Å². The summed E-state index contributed by atoms with van der Waals surface area (Å²) in [7, 11) is 0. The van der Waals surface area contributed by atoms with E-state index in [4.69, 9.17) is 4.74 Å². The molecule has 1 aromatic carbocycles. The summed E-state index contributed by atoms with van der Waals surface area (Å²) < 4.78 is 7.23. The third-order valence-corrected chi connectivity index (χ3v) is 7.24. The smallest absolute Gasteiger partial charge is 0.223 e. The van der Waals surface area contributed by atoms with E-state index in [-0.39, 0.29) is 29.0 Å². The number of carbonyl (C=O) groups excluding carboxylic acids is 1. The van der Waals surface area contributed by atoms with E-state index in [9.17, 15) is 4.79 Å². The van der Waals surface area contributed by atoms with Crippen LogP contribution in [0.4, 0.5) is 5.95 Å². The number of ether oxygens (including phenoxy) is 1. The second kappa shape index (κ2) is 6.13. The van der Waals surface area contributed by atoms with E-state index >= 15 is 0 Å². The van der Waals surface area contributed by atoms with Crippen LogP contribution in [-0.2, 0) is 4.79 Å². The third-order valence-electron chi connectivity index (χ3n) is 6.44. The number of nitrogens with zero attached hydrogens (tertiary/aromatic N) is 3. The maximum atomic E-state index is 12.7. The minimum atomic E-state index is -0.0308. The molecule has 0 spiro atoms. The van der Waals surface area contributed by atoms with Crippen LogP contribution in [0.25, 0.3) is 10.2 Å². The van der Waals surface area contributed by atoms with Crippen molar-refractivity contribution >= 4 is 33.4 Å². The molecule has 1 amide bonds. The van der Waals surface area contributed by atoms with Gasteiger partial charge in [0.15, 0.2) is 0 Å². The summed E-state index contributed by atoms with van der Waals surface area (Å²) in [5.41, 5.74) is 2.78. The first-order valence-electron chi connectivity index (χ1n) is 9.98. The second-order valence-corrected chi connectivity index (χ2v) is 9.53. The van der Waals surface area contributed by atoms with Crippen molar-refractivity contribution < 1.29 is 9.53 Å². The first-order valence-corrected chi connectivity index (χ1v) is 10.9. The van der Waals surface area contributed by atoms with Crippen LogP contribution in [0.15, 0.2) is 42.2 Å². The number of aromatic nitrogens is 3. The maximum Gasteiger partial charge on any atom is 0.223 e. The van der Waals surface area contributed by atoms with E-state index in [1.165, 1.54) is 0 Å². The van der Waals surface area contributed by atoms with Crippen molar-refractivity contribution in [1.29, 1.82) is 0 Å². The van der Waals surface area contributed by atoms with Crippen molar-refractivity contribution in [3.8, 4) is 5.75 Å². The molecule has 8 heteroatoms. The normalized spacial score (nSPS) is 31.9. The van der Waals surface area contributed by atoms with Gasteiger partial charge in [0, 0.05) is 29.4 Å². The molecule has 4 aliphatic carbocycles. The van der Waals surface area contributed by atoms with Gasteiger partial charge in [0.05, 0.1) is 10.2 Å². The van der Waals surface area contributed by atoms with Crippen LogP contribution < -0.4 is 15.4 Å². The fourth-order valence-corrected chi connectivity index (χ4v) is 5.72. The highest BCUT2D eigenvalue weighted by Gasteiger charge is 2.69. The molecule has 0 atom stereocenters. The zero-order chi connectivity index (χ0) is 19.5. The number of thiazole rings is 1. The summed E-state index contributed by atoms with van der Waals surface area (Å²) in [6, 6.07) is 7.81. The Balaban J connectivity index is 0.994. The standard InChI is InChI=1S/C21H21N5O2S/c27-18(25-20-9-21(10-20,11-20)26-19-22-5-2-6-23-19)13-7-14(8-13)28-15-3-1-4-16-17(15)24-12-29-16/h1-6,12-14H,7-11H2,(H,25,27)(H,22,23,26). The van der Waals surface area contributed by atoms with E-state index in [0.29, 0.717) is 5.95 Å². The number of benzene rings is 1. The predicted molar refractivity (Wildman–Crippen MR) is 110 cm³/mol. The molecule has 2 bridgehead atoms. The van der Waals surface area contributed by atoms with Crippen molar-refractivity contribution in [2.75, 3.05) is 5.32 Å². The lowest BCUT2D eigenvalue weighted by atomic mass is 9.44. The molecule has 2 N–H and O–H groups in total. The number of hydrogen-bond donors (Lipinski definition) is 2. The highest BCUT2D eigenvalue weighted by atomic mass is 32.1. The third kappa shape index (κ3) is 2.85. The number of rotatable bonds is 6. The highest BCUT2D eigenvalue weighted by Crippen LogP contribution is 2.61. The molecule has 29 heavy (non-hydrogen) atoms. The number of para-hydroxylation sites is 1. The summed E-state index contributed by atoms with van der Waals surface area (Å²) in [5, 5.41) is 6.72. The molecule has 2 aromatic heterocycles. The van der Waals surface area contributed by atoms with Crippen LogP contribution in [0.1, 0.15) is 32.1 Å². The van der Waals surface area contributed by atoms with Gasteiger partial charge in [-0.3, -0.25) is 4.79 Å². The lowest BCUT2D eigenvalue weighted by Gasteiger charge is -2.70. The molecule has 7 nitrogen and oxygen atoms in total. The van der Waals surface area contributed by atoms with Gasteiger partial charge in [0.25, 0.3) is 0 Å². The van der Waals surface area contributed by atoms with Gasteiger partial charge in [-0.25, -0.2) is 15.0 Å². The number of amides is 1. The predicted octanol–water partition coefficient (Wildman–Crippen LogP) is 3.15. The molecular weight excluding hydrogens is 386 g/mol. The highest BCUT2D eigenvalue weighted by molar-refractivity contribution is 7.16. The van der Waals surface area contributed by atoms with Gasteiger partial charge in [0.2, 0.25) is 11.9 Å². The molecule has 0 unspecified atom stereocenters. The number of nitrogens with one attached hydrogen (secondary N) is 2. The molecule has 4 aliphatic rings. The summed E-state index contributed by atoms with van der Waals surface area (Å²) in [5.74, 6) is 1.70. The SMILES string of the molecule is O=C(NC12CC(Nc3ncccn3)(C1)C2)C1CC(Oc2cccc3scnc23)C1. The van der Waals surface area contributed by atoms with Gasteiger partial charge in [-0.2, -0.15) is 0 Å². The molecule has 0 radical (unpaired) electrons. The fourth-order valence-electron chi connectivity index (χ4n) is 5.03. The van der Waals surface area contributed by atoms with Crippen LogP contribution >= 0.6 is 11.3 Å². The largest absolute Gasteiger partial charge is 0.488 e. The van der Waals surface area contributed by atoms with Crippen LogP contribution in [0.3, 0.4) is 0 Å². The first-order chi connectivity index (χ1) is 14.1. The molecule has 4 fully saturated rings. The van der Waals surface area contributed by atoms with E-state index in [0.717, 1.165) is 48.1 Å². The average molecular weight is 407 g/mol. The number of fused-ring (bicyclic) bond motifs is 1. The Morgan fingerprint density at radius 3 is 2.66 bits per heavy atom. The van der Waals surface area contributed by atoms with Gasteiger partial charge < -0.3 is 15.4 Å². The van der Waals surface area contributed by atoms with Crippen LogP contribution in [0.5, 0.6) is 5.75 Å². The monoisotopic (exact) mass is 407 g/mol. The summed E-state index contributed by atoms with van der Waals surface area (Å²) in [6.45, 7) is 0. The molecule has 7 rings (SSSR count). The number of hydrogen-bond acceptors (Lipinski definition) is 7. The van der Waals surface area contributed by atoms with Gasteiger partial charge in [0.1, 0.15) is 17.4 Å². The van der Waals surface area contributed by atoms with Crippen molar-refractivity contribution in [2.24, 2.45) is 5.92 Å². The van der Waals surface area contributed by atoms with E-state index in [1.54, 1.807) is 23.7 Å². The molecule has 2 heterocycles. The van der Waals surface area contributed by atoms with Crippen molar-refractivity contribution in [3.05, 3.63) is 42.2 Å². The lowest BCUT2D eigenvalue weighted by Crippen LogP contribution is -2.81. The minimum Gasteiger partial charge on any atom is -0.488 e. The van der Waals surface area contributed by atoms with Crippen LogP contribution in [0, 0.1) is 5.92 Å². The fraction of sp³-hybridized carbons (Fsp3) is 0.429. The second-order valence-electron chi connectivity index (χ2n) is 8.64. The van der Waals surface area contributed by atoms with Crippen molar-refractivity contribution in [2.45, 2.75) is 49.3 Å². The zero-order valence-electron chi connectivity index (χ0n) is 15.8. The van der Waals surface area contributed by atoms with Crippen LogP contribution in [-0.4, -0.2) is 38.0 Å². The van der Waals surface area contributed by atoms with E-state index in [1.807, 2.05) is 29.8 Å². The number of anilines is 1. The molecule has 3 aromatic rings. The summed E-state index contributed by atoms with van der Waals surface area (Å²) >= 11 is 1.61. The Kier molecular flexibility index (Phi) is 3.62. The Morgan fingerprint density at radius 1 is 1.07 bits per heavy atom. The Labute approximate surface area is 171 Å². The Morgan fingerprint density at radius 2 is 1.86 bits per heavy atom.